The highest BCUT2D eigenvalue weighted by Gasteiger charge is 2.53. The van der Waals surface area contributed by atoms with Crippen molar-refractivity contribution in [1.29, 1.82) is 0 Å². The zero-order valence-corrected chi connectivity index (χ0v) is 19.3. The first-order valence-corrected chi connectivity index (χ1v) is 11.4. The SMILES string of the molecule is CCC(C)(C)C1CCC2(CC1)NC(=O)N(CC(=O)OCc1cc(=O)n3ccccc3n1)C2=O. The van der Waals surface area contributed by atoms with Crippen molar-refractivity contribution in [1.82, 2.24) is 19.6 Å². The largest absolute Gasteiger partial charge is 0.458 e. The molecule has 1 saturated carbocycles. The van der Waals surface area contributed by atoms with E-state index in [1.165, 1.54) is 10.5 Å². The summed E-state index contributed by atoms with van der Waals surface area (Å²) in [6.45, 7) is 5.97. The maximum atomic E-state index is 13.1. The fraction of sp³-hybridized carbons (Fsp3) is 0.542. The molecule has 0 atom stereocenters. The van der Waals surface area contributed by atoms with Gasteiger partial charge in [-0.15, -0.1) is 0 Å². The van der Waals surface area contributed by atoms with E-state index >= 15 is 0 Å². The molecule has 4 rings (SSSR count). The Morgan fingerprint density at radius 1 is 1.24 bits per heavy atom. The molecule has 9 nitrogen and oxygen atoms in total. The maximum Gasteiger partial charge on any atom is 0.326 e. The number of carbonyl (C=O) groups is 3. The fourth-order valence-corrected chi connectivity index (χ4v) is 4.85. The summed E-state index contributed by atoms with van der Waals surface area (Å²) in [4.78, 5) is 55.4. The third-order valence-corrected chi connectivity index (χ3v) is 7.39. The van der Waals surface area contributed by atoms with Crippen LogP contribution in [0.3, 0.4) is 0 Å². The molecule has 1 aliphatic carbocycles. The van der Waals surface area contributed by atoms with Crippen LogP contribution < -0.4 is 10.9 Å². The van der Waals surface area contributed by atoms with E-state index in [4.69, 9.17) is 4.74 Å². The van der Waals surface area contributed by atoms with Crippen LogP contribution in [0.25, 0.3) is 5.65 Å². The third kappa shape index (κ3) is 4.36. The topological polar surface area (TPSA) is 110 Å². The number of fused-ring (bicyclic) bond motifs is 1. The van der Waals surface area contributed by atoms with Crippen molar-refractivity contribution in [3.63, 3.8) is 0 Å². The van der Waals surface area contributed by atoms with Gasteiger partial charge in [0.2, 0.25) is 0 Å². The van der Waals surface area contributed by atoms with E-state index < -0.39 is 24.1 Å². The van der Waals surface area contributed by atoms with E-state index in [1.807, 2.05) is 0 Å². The minimum atomic E-state index is -0.924. The Morgan fingerprint density at radius 3 is 2.67 bits per heavy atom. The van der Waals surface area contributed by atoms with Gasteiger partial charge >= 0.3 is 12.0 Å². The number of urea groups is 1. The summed E-state index contributed by atoms with van der Waals surface area (Å²) in [5.41, 5.74) is -0.286. The smallest absolute Gasteiger partial charge is 0.326 e. The number of nitrogens with one attached hydrogen (secondary N) is 1. The van der Waals surface area contributed by atoms with Crippen LogP contribution in [-0.4, -0.2) is 44.3 Å². The number of carbonyl (C=O) groups excluding carboxylic acids is 3. The van der Waals surface area contributed by atoms with Gasteiger partial charge in [-0.25, -0.2) is 9.78 Å². The first-order chi connectivity index (χ1) is 15.6. The summed E-state index contributed by atoms with van der Waals surface area (Å²) in [5.74, 6) is -0.596. The number of pyridine rings is 1. The number of amides is 3. The standard InChI is InChI=1S/C24H30N4O5/c1-4-23(2,3)16-8-10-24(11-9-16)21(31)28(22(32)26-24)14-20(30)33-15-17-13-19(29)27-12-6-5-7-18(27)25-17/h5-7,12-13,16H,4,8-11,14-15H2,1-3H3,(H,26,32). The second kappa shape index (κ2) is 8.61. The first-order valence-electron chi connectivity index (χ1n) is 11.4. The highest BCUT2D eigenvalue weighted by atomic mass is 16.5. The van der Waals surface area contributed by atoms with Gasteiger partial charge in [0, 0.05) is 12.3 Å². The molecule has 9 heteroatoms. The molecule has 33 heavy (non-hydrogen) atoms. The lowest BCUT2D eigenvalue weighted by Gasteiger charge is -2.42. The second-order valence-electron chi connectivity index (χ2n) is 9.70. The van der Waals surface area contributed by atoms with Gasteiger partial charge in [0.1, 0.15) is 24.3 Å². The van der Waals surface area contributed by atoms with Gasteiger partial charge in [-0.3, -0.25) is 23.7 Å². The zero-order valence-electron chi connectivity index (χ0n) is 19.3. The Hall–Kier alpha value is -3.23. The Balaban J connectivity index is 1.37. The summed E-state index contributed by atoms with van der Waals surface area (Å²) < 4.78 is 6.60. The Kier molecular flexibility index (Phi) is 5.99. The molecule has 0 unspecified atom stereocenters. The van der Waals surface area contributed by atoms with Crippen molar-refractivity contribution in [2.75, 3.05) is 6.54 Å². The van der Waals surface area contributed by atoms with Crippen LogP contribution in [0.5, 0.6) is 0 Å². The second-order valence-corrected chi connectivity index (χ2v) is 9.70. The number of hydrogen-bond donors (Lipinski definition) is 1. The summed E-state index contributed by atoms with van der Waals surface area (Å²) in [7, 11) is 0. The van der Waals surface area contributed by atoms with Gasteiger partial charge in [-0.1, -0.05) is 33.3 Å². The molecule has 1 spiro atoms. The van der Waals surface area contributed by atoms with Crippen LogP contribution >= 0.6 is 0 Å². The number of ether oxygens (including phenoxy) is 1. The predicted octanol–water partition coefficient (Wildman–Crippen LogP) is 2.65. The molecule has 0 radical (unpaired) electrons. The molecular weight excluding hydrogens is 424 g/mol. The Labute approximate surface area is 192 Å². The molecule has 0 aromatic carbocycles. The third-order valence-electron chi connectivity index (χ3n) is 7.39. The summed E-state index contributed by atoms with van der Waals surface area (Å²) in [6.07, 6.45) is 5.51. The first kappa shape index (κ1) is 22.9. The summed E-state index contributed by atoms with van der Waals surface area (Å²) in [5, 5.41) is 2.84. The number of esters is 1. The Morgan fingerprint density at radius 2 is 1.97 bits per heavy atom. The number of rotatable bonds is 6. The van der Waals surface area contributed by atoms with Crippen molar-refractivity contribution in [3.8, 4) is 0 Å². The minimum absolute atomic E-state index is 0.190. The average Bonchev–Trinajstić information content (AvgIpc) is 3.02. The van der Waals surface area contributed by atoms with E-state index in [2.05, 4.69) is 31.1 Å². The molecule has 2 aliphatic rings. The molecule has 3 amide bonds. The van der Waals surface area contributed by atoms with E-state index in [0.717, 1.165) is 24.2 Å². The van der Waals surface area contributed by atoms with E-state index in [1.54, 1.807) is 24.4 Å². The lowest BCUT2D eigenvalue weighted by atomic mass is 9.65. The molecule has 2 aromatic rings. The number of nitrogens with zero attached hydrogens (tertiary/aromatic N) is 3. The van der Waals surface area contributed by atoms with Crippen LogP contribution in [0, 0.1) is 11.3 Å². The van der Waals surface area contributed by atoms with Gasteiger partial charge in [0.15, 0.2) is 0 Å². The van der Waals surface area contributed by atoms with Crippen LogP contribution in [0.2, 0.25) is 0 Å². The molecule has 2 fully saturated rings. The zero-order chi connectivity index (χ0) is 23.8. The maximum absolute atomic E-state index is 13.1. The van der Waals surface area contributed by atoms with Crippen LogP contribution in [0.1, 0.15) is 58.6 Å². The quantitative estimate of drug-likeness (QED) is 0.531. The van der Waals surface area contributed by atoms with Crippen molar-refractivity contribution in [2.45, 2.75) is 65.0 Å². The highest BCUT2D eigenvalue weighted by Crippen LogP contribution is 2.45. The van der Waals surface area contributed by atoms with E-state index in [9.17, 15) is 19.2 Å². The van der Waals surface area contributed by atoms with Crippen molar-refractivity contribution in [3.05, 3.63) is 46.5 Å². The van der Waals surface area contributed by atoms with Gasteiger partial charge in [-0.05, 0) is 49.1 Å². The van der Waals surface area contributed by atoms with Gasteiger partial charge in [-0.2, -0.15) is 0 Å². The molecule has 1 aliphatic heterocycles. The molecular formula is C24H30N4O5. The van der Waals surface area contributed by atoms with Crippen molar-refractivity contribution in [2.24, 2.45) is 11.3 Å². The highest BCUT2D eigenvalue weighted by molar-refractivity contribution is 6.08. The van der Waals surface area contributed by atoms with Gasteiger partial charge < -0.3 is 10.1 Å². The lowest BCUT2D eigenvalue weighted by molar-refractivity contribution is -0.149. The van der Waals surface area contributed by atoms with Crippen LogP contribution in [0.4, 0.5) is 4.79 Å². The van der Waals surface area contributed by atoms with Crippen molar-refractivity contribution < 1.29 is 19.1 Å². The lowest BCUT2D eigenvalue weighted by Crippen LogP contribution is -2.51. The number of imide groups is 1. The molecule has 2 aromatic heterocycles. The average molecular weight is 455 g/mol. The minimum Gasteiger partial charge on any atom is -0.458 e. The number of aromatic nitrogens is 2. The molecule has 176 valence electrons. The molecule has 3 heterocycles. The summed E-state index contributed by atoms with van der Waals surface area (Å²) >= 11 is 0. The van der Waals surface area contributed by atoms with Crippen molar-refractivity contribution >= 4 is 23.6 Å². The van der Waals surface area contributed by atoms with Crippen LogP contribution in [0.15, 0.2) is 35.3 Å². The van der Waals surface area contributed by atoms with E-state index in [0.29, 0.717) is 30.1 Å². The molecule has 1 saturated heterocycles. The number of hydrogen-bond acceptors (Lipinski definition) is 6. The van der Waals surface area contributed by atoms with Crippen LogP contribution in [-0.2, 0) is 20.9 Å². The predicted molar refractivity (Wildman–Crippen MR) is 120 cm³/mol. The normalized spacial score (nSPS) is 23.2. The molecule has 1 N–H and O–H groups in total. The van der Waals surface area contributed by atoms with E-state index in [-0.39, 0.29) is 23.5 Å². The van der Waals surface area contributed by atoms with Gasteiger partial charge in [0.25, 0.3) is 11.5 Å². The monoisotopic (exact) mass is 454 g/mol. The fourth-order valence-electron chi connectivity index (χ4n) is 4.85. The summed E-state index contributed by atoms with van der Waals surface area (Å²) in [6, 6.07) is 5.88. The van der Waals surface area contributed by atoms with Gasteiger partial charge in [0.05, 0.1) is 5.69 Å². The molecule has 0 bridgehead atoms. The Bertz CT molecular complexity index is 1150.